The van der Waals surface area contributed by atoms with E-state index in [1.807, 2.05) is 42.5 Å². The van der Waals surface area contributed by atoms with Gasteiger partial charge in [0, 0.05) is 29.7 Å². The number of nitro benzene ring substituents is 1. The molecule has 0 saturated heterocycles. The van der Waals surface area contributed by atoms with Crippen molar-refractivity contribution in [3.63, 3.8) is 0 Å². The largest absolute Gasteiger partial charge is 0.375 e. The molecule has 1 aromatic heterocycles. The Morgan fingerprint density at radius 2 is 1.85 bits per heavy atom. The quantitative estimate of drug-likeness (QED) is 0.297. The van der Waals surface area contributed by atoms with Gasteiger partial charge in [-0.3, -0.25) is 14.9 Å². The molecule has 1 amide bonds. The molecule has 0 aliphatic rings. The van der Waals surface area contributed by atoms with E-state index in [1.54, 1.807) is 23.1 Å². The van der Waals surface area contributed by atoms with Crippen molar-refractivity contribution >= 4 is 28.9 Å². The normalized spacial score (nSPS) is 10.6. The van der Waals surface area contributed by atoms with Crippen LogP contribution in [-0.4, -0.2) is 25.6 Å². The number of halogens is 1. The number of anilines is 1. The van der Waals surface area contributed by atoms with Crippen molar-refractivity contribution in [3.8, 4) is 5.69 Å². The highest BCUT2D eigenvalue weighted by molar-refractivity contribution is 6.31. The minimum atomic E-state index is -0.519. The average molecular weight is 463 g/mol. The monoisotopic (exact) mass is 462 g/mol. The number of amides is 1. The first-order valence-electron chi connectivity index (χ1n) is 9.99. The third-order valence-corrected chi connectivity index (χ3v) is 5.33. The molecule has 0 unspecified atom stereocenters. The average Bonchev–Trinajstić information content (AvgIpc) is 3.37. The fourth-order valence-electron chi connectivity index (χ4n) is 3.20. The number of benzene rings is 3. The van der Waals surface area contributed by atoms with E-state index < -0.39 is 10.8 Å². The lowest BCUT2D eigenvalue weighted by molar-refractivity contribution is -0.384. The molecule has 1 heterocycles. The van der Waals surface area contributed by atoms with E-state index in [0.29, 0.717) is 17.3 Å². The van der Waals surface area contributed by atoms with Crippen LogP contribution >= 0.6 is 11.6 Å². The van der Waals surface area contributed by atoms with Crippen molar-refractivity contribution in [2.24, 2.45) is 0 Å². The SMILES string of the molecule is O=C(NCc1ccc(-n2cncn2)cc1)c1ccc(NCc2ccccc2Cl)c([N+](=O)[O-])c1. The number of nitrogens with zero attached hydrogens (tertiary/aromatic N) is 4. The third-order valence-electron chi connectivity index (χ3n) is 4.96. The van der Waals surface area contributed by atoms with Crippen molar-refractivity contribution in [1.29, 1.82) is 0 Å². The molecule has 0 spiro atoms. The van der Waals surface area contributed by atoms with Crippen LogP contribution in [0.3, 0.4) is 0 Å². The lowest BCUT2D eigenvalue weighted by Gasteiger charge is -2.10. The van der Waals surface area contributed by atoms with Gasteiger partial charge >= 0.3 is 0 Å². The Morgan fingerprint density at radius 1 is 1.06 bits per heavy atom. The number of carbonyl (C=O) groups is 1. The fourth-order valence-corrected chi connectivity index (χ4v) is 3.40. The number of hydrogen-bond donors (Lipinski definition) is 2. The predicted octanol–water partition coefficient (Wildman–Crippen LogP) is 4.37. The fraction of sp³-hybridized carbons (Fsp3) is 0.0870. The first-order chi connectivity index (χ1) is 16.0. The topological polar surface area (TPSA) is 115 Å². The van der Waals surface area contributed by atoms with Crippen molar-refractivity contribution in [2.45, 2.75) is 13.1 Å². The molecule has 0 fully saturated rings. The second-order valence-electron chi connectivity index (χ2n) is 7.12. The highest BCUT2D eigenvalue weighted by atomic mass is 35.5. The molecule has 2 N–H and O–H groups in total. The molecule has 3 aromatic carbocycles. The van der Waals surface area contributed by atoms with Gasteiger partial charge in [-0.1, -0.05) is 41.9 Å². The maximum absolute atomic E-state index is 12.6. The lowest BCUT2D eigenvalue weighted by Crippen LogP contribution is -2.23. The first-order valence-corrected chi connectivity index (χ1v) is 10.4. The Kier molecular flexibility index (Phi) is 6.61. The summed E-state index contributed by atoms with van der Waals surface area (Å²) in [6.07, 6.45) is 3.04. The number of nitrogens with one attached hydrogen (secondary N) is 2. The van der Waals surface area contributed by atoms with Crippen LogP contribution in [0.1, 0.15) is 21.5 Å². The molecule has 0 bridgehead atoms. The summed E-state index contributed by atoms with van der Waals surface area (Å²) < 4.78 is 1.63. The lowest BCUT2D eigenvalue weighted by atomic mass is 10.1. The van der Waals surface area contributed by atoms with E-state index in [-0.39, 0.29) is 17.8 Å². The minimum absolute atomic E-state index is 0.188. The molecule has 9 nitrogen and oxygen atoms in total. The second kappa shape index (κ2) is 9.92. The summed E-state index contributed by atoms with van der Waals surface area (Å²) in [4.78, 5) is 27.6. The molecule has 4 rings (SSSR count). The zero-order chi connectivity index (χ0) is 23.2. The molecule has 0 aliphatic carbocycles. The summed E-state index contributed by atoms with van der Waals surface area (Å²) in [6.45, 7) is 0.591. The zero-order valence-corrected chi connectivity index (χ0v) is 18.1. The summed E-state index contributed by atoms with van der Waals surface area (Å²) in [5.41, 5.74) is 2.85. The van der Waals surface area contributed by atoms with Gasteiger partial charge in [0.25, 0.3) is 11.6 Å². The number of aromatic nitrogens is 3. The molecular formula is C23H19ClN6O3. The van der Waals surface area contributed by atoms with Gasteiger partial charge in [0.05, 0.1) is 10.6 Å². The van der Waals surface area contributed by atoms with Gasteiger partial charge in [0.1, 0.15) is 18.3 Å². The van der Waals surface area contributed by atoms with E-state index in [4.69, 9.17) is 11.6 Å². The van der Waals surface area contributed by atoms with Crippen LogP contribution in [0.15, 0.2) is 79.4 Å². The van der Waals surface area contributed by atoms with Crippen molar-refractivity contribution in [3.05, 3.63) is 111 Å². The van der Waals surface area contributed by atoms with Crippen LogP contribution in [0.5, 0.6) is 0 Å². The van der Waals surface area contributed by atoms with E-state index in [0.717, 1.165) is 16.8 Å². The van der Waals surface area contributed by atoms with Gasteiger partial charge < -0.3 is 10.6 Å². The summed E-state index contributed by atoms with van der Waals surface area (Å²) in [5, 5.41) is 22.0. The van der Waals surface area contributed by atoms with Gasteiger partial charge in [-0.25, -0.2) is 9.67 Å². The second-order valence-corrected chi connectivity index (χ2v) is 7.53. The Balaban J connectivity index is 1.41. The van der Waals surface area contributed by atoms with Crippen molar-refractivity contribution < 1.29 is 9.72 Å². The highest BCUT2D eigenvalue weighted by Crippen LogP contribution is 2.27. The maximum Gasteiger partial charge on any atom is 0.293 e. The van der Waals surface area contributed by atoms with Crippen molar-refractivity contribution in [2.75, 3.05) is 5.32 Å². The summed E-state index contributed by atoms with van der Waals surface area (Å²) in [6, 6.07) is 19.0. The number of rotatable bonds is 8. The van der Waals surface area contributed by atoms with Crippen LogP contribution in [0, 0.1) is 10.1 Å². The molecular weight excluding hydrogens is 444 g/mol. The van der Waals surface area contributed by atoms with Gasteiger partial charge in [-0.15, -0.1) is 0 Å². The number of carbonyl (C=O) groups excluding carboxylic acids is 1. The van der Waals surface area contributed by atoms with Crippen LogP contribution < -0.4 is 10.6 Å². The Bertz CT molecular complexity index is 1280. The molecule has 0 atom stereocenters. The van der Waals surface area contributed by atoms with E-state index >= 15 is 0 Å². The smallest absolute Gasteiger partial charge is 0.293 e. The highest BCUT2D eigenvalue weighted by Gasteiger charge is 2.18. The molecule has 0 aliphatic heterocycles. The Hall–Kier alpha value is -4.24. The van der Waals surface area contributed by atoms with Crippen LogP contribution in [0.25, 0.3) is 5.69 Å². The Morgan fingerprint density at radius 3 is 2.55 bits per heavy atom. The van der Waals surface area contributed by atoms with Crippen LogP contribution in [0.2, 0.25) is 5.02 Å². The summed E-state index contributed by atoms with van der Waals surface area (Å²) >= 11 is 6.15. The standard InChI is InChI=1S/C23H19ClN6O3/c24-20-4-2-1-3-18(20)13-26-21-10-7-17(11-22(21)30(32)33)23(31)27-12-16-5-8-19(9-6-16)29-15-25-14-28-29/h1-11,14-15,26H,12-13H2,(H,27,31). The van der Waals surface area contributed by atoms with E-state index in [1.165, 1.54) is 18.5 Å². The minimum Gasteiger partial charge on any atom is -0.375 e. The molecule has 4 aromatic rings. The zero-order valence-electron chi connectivity index (χ0n) is 17.3. The van der Waals surface area contributed by atoms with Crippen molar-refractivity contribution in [1.82, 2.24) is 20.1 Å². The summed E-state index contributed by atoms with van der Waals surface area (Å²) in [5.74, 6) is -0.406. The Labute approximate surface area is 194 Å². The van der Waals surface area contributed by atoms with E-state index in [2.05, 4.69) is 20.7 Å². The molecule has 0 saturated carbocycles. The molecule has 10 heteroatoms. The third kappa shape index (κ3) is 5.34. The van der Waals surface area contributed by atoms with Gasteiger partial charge in [0.15, 0.2) is 0 Å². The molecule has 0 radical (unpaired) electrons. The van der Waals surface area contributed by atoms with Crippen LogP contribution in [-0.2, 0) is 13.1 Å². The summed E-state index contributed by atoms with van der Waals surface area (Å²) in [7, 11) is 0. The number of nitro groups is 1. The molecule has 33 heavy (non-hydrogen) atoms. The maximum atomic E-state index is 12.6. The van der Waals surface area contributed by atoms with Crippen LogP contribution in [0.4, 0.5) is 11.4 Å². The predicted molar refractivity (Wildman–Crippen MR) is 124 cm³/mol. The van der Waals surface area contributed by atoms with Gasteiger partial charge in [-0.2, -0.15) is 5.10 Å². The van der Waals surface area contributed by atoms with Gasteiger partial charge in [-0.05, 0) is 41.5 Å². The van der Waals surface area contributed by atoms with E-state index in [9.17, 15) is 14.9 Å². The first kappa shape index (κ1) is 22.0. The molecule has 166 valence electrons. The van der Waals surface area contributed by atoms with Gasteiger partial charge in [0.2, 0.25) is 0 Å². The number of hydrogen-bond acceptors (Lipinski definition) is 6.